The highest BCUT2D eigenvalue weighted by molar-refractivity contribution is 5.86. The van der Waals surface area contributed by atoms with Gasteiger partial charge in [0, 0.05) is 6.54 Å². The van der Waals surface area contributed by atoms with Crippen molar-refractivity contribution < 1.29 is 4.79 Å². The Morgan fingerprint density at radius 2 is 1.80 bits per heavy atom. The zero-order valence-corrected chi connectivity index (χ0v) is 12.1. The Morgan fingerprint density at radius 3 is 2.30 bits per heavy atom. The van der Waals surface area contributed by atoms with E-state index in [2.05, 4.69) is 5.32 Å². The molecule has 2 saturated carbocycles. The van der Waals surface area contributed by atoms with Crippen molar-refractivity contribution in [1.29, 1.82) is 0 Å². The fourth-order valence-corrected chi connectivity index (χ4v) is 3.08. The van der Waals surface area contributed by atoms with Crippen LogP contribution in [-0.4, -0.2) is 12.5 Å². The van der Waals surface area contributed by atoms with Gasteiger partial charge < -0.3 is 11.1 Å². The predicted molar refractivity (Wildman–Crippen MR) is 79.9 cm³/mol. The van der Waals surface area contributed by atoms with Crippen LogP contribution in [0.25, 0.3) is 0 Å². The van der Waals surface area contributed by atoms with Crippen molar-refractivity contribution in [2.45, 2.75) is 38.1 Å². The monoisotopic (exact) mass is 272 g/mol. The summed E-state index contributed by atoms with van der Waals surface area (Å²) >= 11 is 0. The lowest BCUT2D eigenvalue weighted by Gasteiger charge is -2.26. The summed E-state index contributed by atoms with van der Waals surface area (Å²) in [5.41, 5.74) is 6.16. The fourth-order valence-electron chi connectivity index (χ4n) is 3.08. The fraction of sp³-hybridized carbons (Fsp3) is 0.588. The zero-order valence-electron chi connectivity index (χ0n) is 12.1. The first kappa shape index (κ1) is 13.6. The first-order chi connectivity index (χ1) is 9.59. The molecule has 108 valence electrons. The third-order valence-electron chi connectivity index (χ3n) is 4.80. The first-order valence-corrected chi connectivity index (χ1v) is 7.71. The quantitative estimate of drug-likeness (QED) is 0.835. The highest BCUT2D eigenvalue weighted by Gasteiger charge is 2.42. The minimum Gasteiger partial charge on any atom is -0.354 e. The topological polar surface area (TPSA) is 55.1 Å². The van der Waals surface area contributed by atoms with E-state index in [-0.39, 0.29) is 5.91 Å². The molecule has 0 bridgehead atoms. The van der Waals surface area contributed by atoms with Crippen molar-refractivity contribution in [1.82, 2.24) is 5.32 Å². The number of carbonyl (C=O) groups is 1. The molecule has 0 radical (unpaired) electrons. The van der Waals surface area contributed by atoms with E-state index in [1.807, 2.05) is 30.3 Å². The van der Waals surface area contributed by atoms with Gasteiger partial charge in [0.05, 0.1) is 0 Å². The van der Waals surface area contributed by atoms with Gasteiger partial charge in [-0.2, -0.15) is 0 Å². The summed E-state index contributed by atoms with van der Waals surface area (Å²) in [5.74, 6) is 2.33. The van der Waals surface area contributed by atoms with Crippen LogP contribution < -0.4 is 11.1 Å². The summed E-state index contributed by atoms with van der Waals surface area (Å²) in [6.45, 7) is 2.59. The Hall–Kier alpha value is -1.35. The van der Waals surface area contributed by atoms with Gasteiger partial charge in [-0.1, -0.05) is 30.3 Å². The number of carbonyl (C=O) groups excluding carboxylic acids is 1. The van der Waals surface area contributed by atoms with Gasteiger partial charge in [-0.05, 0) is 55.9 Å². The van der Waals surface area contributed by atoms with E-state index in [9.17, 15) is 4.79 Å². The molecule has 1 aromatic carbocycles. The molecule has 3 heteroatoms. The average Bonchev–Trinajstić information content (AvgIpc) is 3.33. The first-order valence-electron chi connectivity index (χ1n) is 7.71. The second kappa shape index (κ2) is 5.21. The molecule has 20 heavy (non-hydrogen) atoms. The second-order valence-corrected chi connectivity index (χ2v) is 6.62. The number of amides is 1. The maximum Gasteiger partial charge on any atom is 0.244 e. The minimum absolute atomic E-state index is 0.0602. The number of rotatable bonds is 6. The Morgan fingerprint density at radius 1 is 1.25 bits per heavy atom. The third-order valence-corrected chi connectivity index (χ3v) is 4.80. The molecule has 3 nitrogen and oxygen atoms in total. The van der Waals surface area contributed by atoms with Gasteiger partial charge >= 0.3 is 0 Å². The van der Waals surface area contributed by atoms with Crippen LogP contribution in [0.3, 0.4) is 0 Å². The maximum atomic E-state index is 12.4. The molecule has 2 fully saturated rings. The molecular formula is C17H24N2O. The van der Waals surface area contributed by atoms with Gasteiger partial charge in [-0.3, -0.25) is 4.79 Å². The Kier molecular flexibility index (Phi) is 3.55. The number of hydrogen-bond acceptors (Lipinski definition) is 2. The number of nitrogens with two attached hydrogens (primary N) is 1. The van der Waals surface area contributed by atoms with Crippen LogP contribution in [-0.2, 0) is 10.3 Å². The van der Waals surface area contributed by atoms with Crippen LogP contribution in [0.5, 0.6) is 0 Å². The number of hydrogen-bond donors (Lipinski definition) is 2. The molecule has 1 unspecified atom stereocenters. The van der Waals surface area contributed by atoms with E-state index >= 15 is 0 Å². The normalized spacial score (nSPS) is 21.6. The van der Waals surface area contributed by atoms with Gasteiger partial charge in [-0.15, -0.1) is 0 Å². The van der Waals surface area contributed by atoms with Crippen LogP contribution >= 0.6 is 0 Å². The van der Waals surface area contributed by atoms with Gasteiger partial charge in [0.25, 0.3) is 0 Å². The van der Waals surface area contributed by atoms with Crippen LogP contribution in [0.1, 0.15) is 38.2 Å². The molecule has 0 spiro atoms. The molecule has 2 aliphatic carbocycles. The molecule has 0 aromatic heterocycles. The van der Waals surface area contributed by atoms with Crippen LogP contribution in [0.2, 0.25) is 0 Å². The van der Waals surface area contributed by atoms with Gasteiger partial charge in [0.1, 0.15) is 5.54 Å². The highest BCUT2D eigenvalue weighted by atomic mass is 16.2. The molecule has 2 aliphatic rings. The van der Waals surface area contributed by atoms with Crippen molar-refractivity contribution >= 4 is 5.91 Å². The van der Waals surface area contributed by atoms with Crippen LogP contribution in [0, 0.1) is 17.8 Å². The number of benzene rings is 1. The molecule has 1 amide bonds. The van der Waals surface area contributed by atoms with E-state index in [1.54, 1.807) is 6.92 Å². The summed E-state index contributed by atoms with van der Waals surface area (Å²) in [5, 5.41) is 3.10. The van der Waals surface area contributed by atoms with Gasteiger partial charge in [0.15, 0.2) is 0 Å². The van der Waals surface area contributed by atoms with E-state index in [0.29, 0.717) is 5.92 Å². The zero-order chi connectivity index (χ0) is 14.2. The Labute approximate surface area is 120 Å². The summed E-state index contributed by atoms with van der Waals surface area (Å²) in [6, 6.07) is 9.61. The summed E-state index contributed by atoms with van der Waals surface area (Å²) in [4.78, 5) is 12.4. The Bertz CT molecular complexity index is 463. The summed E-state index contributed by atoms with van der Waals surface area (Å²) in [6.07, 6.45) is 5.37. The average molecular weight is 272 g/mol. The standard InChI is InChI=1S/C17H24N2O/c1-17(18,14-5-3-2-4-6-14)16(20)19-11-15(12-7-8-12)13-9-10-13/h2-6,12-13,15H,7-11,18H2,1H3,(H,19,20). The van der Waals surface area contributed by atoms with E-state index in [4.69, 9.17) is 5.73 Å². The van der Waals surface area contributed by atoms with Crippen molar-refractivity contribution in [3.05, 3.63) is 35.9 Å². The second-order valence-electron chi connectivity index (χ2n) is 6.62. The molecule has 1 atom stereocenters. The largest absolute Gasteiger partial charge is 0.354 e. The predicted octanol–water partition coefficient (Wildman–Crippen LogP) is 2.41. The summed E-state index contributed by atoms with van der Waals surface area (Å²) in [7, 11) is 0. The smallest absolute Gasteiger partial charge is 0.244 e. The lowest BCUT2D eigenvalue weighted by molar-refractivity contribution is -0.126. The van der Waals surface area contributed by atoms with Gasteiger partial charge in [-0.25, -0.2) is 0 Å². The van der Waals surface area contributed by atoms with Crippen LogP contribution in [0.15, 0.2) is 30.3 Å². The molecule has 0 aliphatic heterocycles. The molecule has 3 N–H and O–H groups in total. The molecule has 0 saturated heterocycles. The molecule has 0 heterocycles. The van der Waals surface area contributed by atoms with Crippen molar-refractivity contribution in [3.63, 3.8) is 0 Å². The number of nitrogens with one attached hydrogen (secondary N) is 1. The van der Waals surface area contributed by atoms with Crippen molar-refractivity contribution in [3.8, 4) is 0 Å². The van der Waals surface area contributed by atoms with E-state index < -0.39 is 5.54 Å². The van der Waals surface area contributed by atoms with E-state index in [0.717, 1.165) is 23.9 Å². The SMILES string of the molecule is CC(N)(C(=O)NCC(C1CC1)C1CC1)c1ccccc1. The lowest BCUT2D eigenvalue weighted by atomic mass is 9.91. The van der Waals surface area contributed by atoms with Crippen molar-refractivity contribution in [2.75, 3.05) is 6.54 Å². The van der Waals surface area contributed by atoms with E-state index in [1.165, 1.54) is 25.7 Å². The lowest BCUT2D eigenvalue weighted by Crippen LogP contribution is -2.50. The molecule has 3 rings (SSSR count). The third kappa shape index (κ3) is 2.88. The molecular weight excluding hydrogens is 248 g/mol. The van der Waals surface area contributed by atoms with Crippen molar-refractivity contribution in [2.24, 2.45) is 23.5 Å². The van der Waals surface area contributed by atoms with Crippen LogP contribution in [0.4, 0.5) is 0 Å². The maximum absolute atomic E-state index is 12.4. The highest BCUT2D eigenvalue weighted by Crippen LogP contribution is 2.48. The minimum atomic E-state index is -0.946. The Balaban J connectivity index is 1.60. The summed E-state index contributed by atoms with van der Waals surface area (Å²) < 4.78 is 0. The van der Waals surface area contributed by atoms with Gasteiger partial charge in [0.2, 0.25) is 5.91 Å². The molecule has 1 aromatic rings.